The van der Waals surface area contributed by atoms with Gasteiger partial charge in [-0.15, -0.1) is 0 Å². The zero-order chi connectivity index (χ0) is 13.2. The standard InChI is InChI=1S/C15H20N2O2/c1-18-11-6-7-17(9-11)10-13-12-4-2-3-5-14(12)19-15(13)8-16/h2-5,11H,6-10,16H2,1H3. The van der Waals surface area contributed by atoms with Gasteiger partial charge in [-0.25, -0.2) is 0 Å². The van der Waals surface area contributed by atoms with Crippen LogP contribution >= 0.6 is 0 Å². The zero-order valence-corrected chi connectivity index (χ0v) is 11.3. The van der Waals surface area contributed by atoms with Gasteiger partial charge in [-0.3, -0.25) is 4.90 Å². The highest BCUT2D eigenvalue weighted by Crippen LogP contribution is 2.28. The van der Waals surface area contributed by atoms with E-state index in [0.717, 1.165) is 37.4 Å². The van der Waals surface area contributed by atoms with Crippen molar-refractivity contribution >= 4 is 11.0 Å². The third-order valence-electron chi connectivity index (χ3n) is 3.91. The predicted molar refractivity (Wildman–Crippen MR) is 74.8 cm³/mol. The fourth-order valence-corrected chi connectivity index (χ4v) is 2.84. The van der Waals surface area contributed by atoms with Gasteiger partial charge in [-0.05, 0) is 12.5 Å². The van der Waals surface area contributed by atoms with Crippen LogP contribution in [0.15, 0.2) is 28.7 Å². The number of methoxy groups -OCH3 is 1. The van der Waals surface area contributed by atoms with Crippen molar-refractivity contribution in [2.45, 2.75) is 25.6 Å². The number of benzene rings is 1. The van der Waals surface area contributed by atoms with Gasteiger partial charge in [0.1, 0.15) is 11.3 Å². The third-order valence-corrected chi connectivity index (χ3v) is 3.91. The van der Waals surface area contributed by atoms with Crippen LogP contribution in [-0.4, -0.2) is 31.2 Å². The summed E-state index contributed by atoms with van der Waals surface area (Å²) in [5.74, 6) is 0.905. The summed E-state index contributed by atoms with van der Waals surface area (Å²) in [6.07, 6.45) is 1.46. The van der Waals surface area contributed by atoms with Gasteiger partial charge in [0.05, 0.1) is 12.6 Å². The first-order valence-corrected chi connectivity index (χ1v) is 6.76. The SMILES string of the molecule is COC1CCN(Cc2c(CN)oc3ccccc23)C1. The maximum Gasteiger partial charge on any atom is 0.134 e. The summed E-state index contributed by atoms with van der Waals surface area (Å²) in [5.41, 5.74) is 7.97. The topological polar surface area (TPSA) is 51.6 Å². The molecule has 0 bridgehead atoms. The molecule has 2 aromatic rings. The average Bonchev–Trinajstić information content (AvgIpc) is 3.04. The molecule has 3 rings (SSSR count). The van der Waals surface area contributed by atoms with E-state index in [1.54, 1.807) is 7.11 Å². The number of hydrogen-bond acceptors (Lipinski definition) is 4. The van der Waals surface area contributed by atoms with Crippen LogP contribution in [0.5, 0.6) is 0 Å². The van der Waals surface area contributed by atoms with E-state index >= 15 is 0 Å². The number of fused-ring (bicyclic) bond motifs is 1. The molecule has 0 saturated carbocycles. The smallest absolute Gasteiger partial charge is 0.134 e. The molecule has 1 saturated heterocycles. The maximum atomic E-state index is 5.83. The minimum absolute atomic E-state index is 0.361. The van der Waals surface area contributed by atoms with Crippen molar-refractivity contribution in [1.29, 1.82) is 0 Å². The Morgan fingerprint density at radius 3 is 3.00 bits per heavy atom. The number of para-hydroxylation sites is 1. The summed E-state index contributed by atoms with van der Waals surface area (Å²) in [6.45, 7) is 3.40. The number of likely N-dealkylation sites (tertiary alicyclic amines) is 1. The Hall–Kier alpha value is -1.36. The fourth-order valence-electron chi connectivity index (χ4n) is 2.84. The highest BCUT2D eigenvalue weighted by Gasteiger charge is 2.24. The average molecular weight is 260 g/mol. The highest BCUT2D eigenvalue weighted by molar-refractivity contribution is 5.82. The Bertz CT molecular complexity index is 564. The largest absolute Gasteiger partial charge is 0.459 e. The quantitative estimate of drug-likeness (QED) is 0.914. The van der Waals surface area contributed by atoms with Gasteiger partial charge in [-0.2, -0.15) is 0 Å². The molecule has 19 heavy (non-hydrogen) atoms. The van der Waals surface area contributed by atoms with E-state index in [1.165, 1.54) is 10.9 Å². The number of hydrogen-bond donors (Lipinski definition) is 1. The summed E-state index contributed by atoms with van der Waals surface area (Å²) in [4.78, 5) is 2.41. The van der Waals surface area contributed by atoms with E-state index in [1.807, 2.05) is 18.2 Å². The van der Waals surface area contributed by atoms with Crippen molar-refractivity contribution in [2.24, 2.45) is 5.73 Å². The first-order valence-electron chi connectivity index (χ1n) is 6.76. The molecule has 0 amide bonds. The van der Waals surface area contributed by atoms with Crippen LogP contribution in [0.25, 0.3) is 11.0 Å². The molecule has 1 aliphatic rings. The second-order valence-electron chi connectivity index (χ2n) is 5.09. The molecule has 1 atom stereocenters. The summed E-state index contributed by atoms with van der Waals surface area (Å²) in [7, 11) is 1.78. The van der Waals surface area contributed by atoms with Crippen molar-refractivity contribution < 1.29 is 9.15 Å². The van der Waals surface area contributed by atoms with Gasteiger partial charge >= 0.3 is 0 Å². The van der Waals surface area contributed by atoms with E-state index in [0.29, 0.717) is 12.6 Å². The Morgan fingerprint density at radius 1 is 1.42 bits per heavy atom. The van der Waals surface area contributed by atoms with E-state index in [4.69, 9.17) is 14.9 Å². The van der Waals surface area contributed by atoms with Crippen LogP contribution in [0.1, 0.15) is 17.7 Å². The summed E-state index contributed by atoms with van der Waals surface area (Å²) < 4.78 is 11.2. The maximum absolute atomic E-state index is 5.83. The molecule has 4 nitrogen and oxygen atoms in total. The van der Waals surface area contributed by atoms with Crippen molar-refractivity contribution in [1.82, 2.24) is 4.90 Å². The lowest BCUT2D eigenvalue weighted by atomic mass is 10.1. The summed E-state index contributed by atoms with van der Waals surface area (Å²) >= 11 is 0. The molecule has 4 heteroatoms. The van der Waals surface area contributed by atoms with Crippen molar-refractivity contribution in [3.63, 3.8) is 0 Å². The molecule has 1 aromatic carbocycles. The van der Waals surface area contributed by atoms with E-state index < -0.39 is 0 Å². The molecule has 1 fully saturated rings. The molecule has 0 spiro atoms. The highest BCUT2D eigenvalue weighted by atomic mass is 16.5. The van der Waals surface area contributed by atoms with Crippen LogP contribution < -0.4 is 5.73 Å². The Morgan fingerprint density at radius 2 is 2.26 bits per heavy atom. The first-order chi connectivity index (χ1) is 9.31. The summed E-state index contributed by atoms with van der Waals surface area (Å²) in [5, 5.41) is 1.18. The molecule has 2 heterocycles. The van der Waals surface area contributed by atoms with Gasteiger partial charge in [0, 0.05) is 37.7 Å². The van der Waals surface area contributed by atoms with Crippen LogP contribution in [0.4, 0.5) is 0 Å². The lowest BCUT2D eigenvalue weighted by Gasteiger charge is -2.15. The molecule has 0 aliphatic carbocycles. The monoisotopic (exact) mass is 260 g/mol. The van der Waals surface area contributed by atoms with E-state index in [2.05, 4.69) is 11.0 Å². The van der Waals surface area contributed by atoms with E-state index in [9.17, 15) is 0 Å². The lowest BCUT2D eigenvalue weighted by molar-refractivity contribution is 0.107. The van der Waals surface area contributed by atoms with Gasteiger partial charge in [0.2, 0.25) is 0 Å². The van der Waals surface area contributed by atoms with Gasteiger partial charge < -0.3 is 14.9 Å². The molecule has 2 N–H and O–H groups in total. The second kappa shape index (κ2) is 5.33. The Kier molecular flexibility index (Phi) is 3.55. The molecular weight excluding hydrogens is 240 g/mol. The van der Waals surface area contributed by atoms with Gasteiger partial charge in [0.25, 0.3) is 0 Å². The Balaban J connectivity index is 1.87. The van der Waals surface area contributed by atoms with Crippen LogP contribution in [0.3, 0.4) is 0 Å². The zero-order valence-electron chi connectivity index (χ0n) is 11.3. The third kappa shape index (κ3) is 2.39. The minimum Gasteiger partial charge on any atom is -0.459 e. The minimum atomic E-state index is 0.361. The molecule has 1 unspecified atom stereocenters. The predicted octanol–water partition coefficient (Wildman–Crippen LogP) is 2.11. The number of ether oxygens (including phenoxy) is 1. The van der Waals surface area contributed by atoms with Crippen molar-refractivity contribution in [3.05, 3.63) is 35.6 Å². The number of furan rings is 1. The van der Waals surface area contributed by atoms with Crippen molar-refractivity contribution in [3.8, 4) is 0 Å². The lowest BCUT2D eigenvalue weighted by Crippen LogP contribution is -2.23. The van der Waals surface area contributed by atoms with E-state index in [-0.39, 0.29) is 0 Å². The van der Waals surface area contributed by atoms with Crippen LogP contribution in [-0.2, 0) is 17.8 Å². The second-order valence-corrected chi connectivity index (χ2v) is 5.09. The van der Waals surface area contributed by atoms with Crippen LogP contribution in [0.2, 0.25) is 0 Å². The molecule has 102 valence electrons. The summed E-state index contributed by atoms with van der Waals surface area (Å²) in [6, 6.07) is 8.15. The van der Waals surface area contributed by atoms with Crippen molar-refractivity contribution in [2.75, 3.05) is 20.2 Å². The molecule has 0 radical (unpaired) electrons. The molecule has 1 aromatic heterocycles. The van der Waals surface area contributed by atoms with Gasteiger partial charge in [0.15, 0.2) is 0 Å². The Labute approximate surface area is 113 Å². The number of nitrogens with two attached hydrogens (primary N) is 1. The number of rotatable bonds is 4. The molecular formula is C15H20N2O2. The van der Waals surface area contributed by atoms with Crippen LogP contribution in [0, 0.1) is 0 Å². The fraction of sp³-hybridized carbons (Fsp3) is 0.467. The van der Waals surface area contributed by atoms with Gasteiger partial charge in [-0.1, -0.05) is 18.2 Å². The first kappa shape index (κ1) is 12.7. The normalized spacial score (nSPS) is 20.4. The molecule has 1 aliphatic heterocycles. The number of nitrogens with zero attached hydrogens (tertiary/aromatic N) is 1.